The van der Waals surface area contributed by atoms with Crippen molar-refractivity contribution >= 4 is 6.29 Å². The van der Waals surface area contributed by atoms with Crippen molar-refractivity contribution < 1.29 is 4.79 Å². The third-order valence-electron chi connectivity index (χ3n) is 1.80. The first kappa shape index (κ1) is 12.8. The number of nitrogens with one attached hydrogen (secondary N) is 1. The standard InChI is InChI=1S/C10H13NO.C2H6/c1-8-3-4-9(6-11-2)10(5-8)7-12;1-2/h3-5,7,11H,6H2,1-2H3;1-2H3. The number of aryl methyl sites for hydroxylation is 1. The lowest BCUT2D eigenvalue weighted by atomic mass is 10.1. The number of aldehydes is 1. The van der Waals surface area contributed by atoms with Gasteiger partial charge in [-0.15, -0.1) is 0 Å². The molecule has 0 fully saturated rings. The van der Waals surface area contributed by atoms with Crippen molar-refractivity contribution in [3.63, 3.8) is 0 Å². The van der Waals surface area contributed by atoms with Crippen molar-refractivity contribution in [2.24, 2.45) is 0 Å². The average molecular weight is 193 g/mol. The van der Waals surface area contributed by atoms with E-state index in [4.69, 9.17) is 0 Å². The molecule has 1 rings (SSSR count). The van der Waals surface area contributed by atoms with Gasteiger partial charge < -0.3 is 5.32 Å². The Labute approximate surface area is 86.3 Å². The van der Waals surface area contributed by atoms with Crippen LogP contribution in [0.5, 0.6) is 0 Å². The van der Waals surface area contributed by atoms with Crippen LogP contribution >= 0.6 is 0 Å². The summed E-state index contributed by atoms with van der Waals surface area (Å²) in [7, 11) is 1.87. The van der Waals surface area contributed by atoms with Crippen LogP contribution < -0.4 is 5.32 Å². The predicted octanol–water partition coefficient (Wildman–Crippen LogP) is 2.55. The quantitative estimate of drug-likeness (QED) is 0.747. The second-order valence-electron chi connectivity index (χ2n) is 2.85. The molecule has 0 heterocycles. The molecule has 0 saturated heterocycles. The van der Waals surface area contributed by atoms with Crippen LogP contribution in [0.4, 0.5) is 0 Å². The van der Waals surface area contributed by atoms with E-state index >= 15 is 0 Å². The van der Waals surface area contributed by atoms with Crippen LogP contribution in [0.15, 0.2) is 18.2 Å². The Morgan fingerprint density at radius 3 is 2.50 bits per heavy atom. The molecule has 0 radical (unpaired) electrons. The van der Waals surface area contributed by atoms with Gasteiger partial charge in [-0.1, -0.05) is 31.5 Å². The molecule has 1 N–H and O–H groups in total. The van der Waals surface area contributed by atoms with Crippen LogP contribution in [0.3, 0.4) is 0 Å². The highest BCUT2D eigenvalue weighted by molar-refractivity contribution is 5.77. The summed E-state index contributed by atoms with van der Waals surface area (Å²) in [5, 5.41) is 3.02. The predicted molar refractivity (Wildman–Crippen MR) is 60.7 cm³/mol. The minimum absolute atomic E-state index is 0.744. The van der Waals surface area contributed by atoms with Gasteiger partial charge >= 0.3 is 0 Å². The summed E-state index contributed by atoms with van der Waals surface area (Å²) < 4.78 is 0. The zero-order chi connectivity index (χ0) is 11.0. The summed E-state index contributed by atoms with van der Waals surface area (Å²) in [6.07, 6.45) is 0.902. The first-order valence-electron chi connectivity index (χ1n) is 4.97. The summed E-state index contributed by atoms with van der Waals surface area (Å²) in [5.74, 6) is 0. The number of benzene rings is 1. The van der Waals surface area contributed by atoms with Gasteiger partial charge in [0, 0.05) is 12.1 Å². The van der Waals surface area contributed by atoms with Crippen molar-refractivity contribution in [2.75, 3.05) is 7.05 Å². The molecule has 78 valence electrons. The van der Waals surface area contributed by atoms with Gasteiger partial charge in [0.05, 0.1) is 0 Å². The fourth-order valence-electron chi connectivity index (χ4n) is 1.18. The third-order valence-corrected chi connectivity index (χ3v) is 1.80. The van der Waals surface area contributed by atoms with Crippen molar-refractivity contribution in [1.82, 2.24) is 5.32 Å². The molecule has 0 aromatic heterocycles. The summed E-state index contributed by atoms with van der Waals surface area (Å²) in [6.45, 7) is 6.73. The van der Waals surface area contributed by atoms with Crippen molar-refractivity contribution in [1.29, 1.82) is 0 Å². The molecule has 14 heavy (non-hydrogen) atoms. The maximum absolute atomic E-state index is 10.6. The maximum atomic E-state index is 10.6. The van der Waals surface area contributed by atoms with E-state index in [1.54, 1.807) is 0 Å². The fourth-order valence-corrected chi connectivity index (χ4v) is 1.18. The lowest BCUT2D eigenvalue weighted by Crippen LogP contribution is -2.07. The Morgan fingerprint density at radius 2 is 2.00 bits per heavy atom. The molecule has 0 aliphatic rings. The van der Waals surface area contributed by atoms with E-state index in [-0.39, 0.29) is 0 Å². The van der Waals surface area contributed by atoms with Crippen LogP contribution in [-0.2, 0) is 6.54 Å². The first-order valence-corrected chi connectivity index (χ1v) is 4.97. The van der Waals surface area contributed by atoms with E-state index in [2.05, 4.69) is 5.32 Å². The van der Waals surface area contributed by atoms with E-state index in [9.17, 15) is 4.79 Å². The molecular formula is C12H19NO. The summed E-state index contributed by atoms with van der Waals surface area (Å²) in [5.41, 5.74) is 2.96. The number of hydrogen-bond donors (Lipinski definition) is 1. The monoisotopic (exact) mass is 193 g/mol. The summed E-state index contributed by atoms with van der Waals surface area (Å²) in [4.78, 5) is 10.6. The van der Waals surface area contributed by atoms with Gasteiger partial charge in [0.15, 0.2) is 0 Å². The van der Waals surface area contributed by atoms with E-state index < -0.39 is 0 Å². The Bertz CT molecular complexity index is 282. The minimum Gasteiger partial charge on any atom is -0.316 e. The fraction of sp³-hybridized carbons (Fsp3) is 0.417. The molecule has 0 atom stereocenters. The van der Waals surface area contributed by atoms with E-state index in [0.29, 0.717) is 0 Å². The summed E-state index contributed by atoms with van der Waals surface area (Å²) in [6, 6.07) is 5.90. The molecule has 1 aromatic carbocycles. The van der Waals surface area contributed by atoms with Gasteiger partial charge in [0.2, 0.25) is 0 Å². The zero-order valence-corrected chi connectivity index (χ0v) is 9.42. The molecule has 1 aromatic rings. The van der Waals surface area contributed by atoms with Crippen LogP contribution in [0.25, 0.3) is 0 Å². The van der Waals surface area contributed by atoms with Gasteiger partial charge in [-0.3, -0.25) is 4.79 Å². The molecule has 0 aliphatic heterocycles. The molecule has 0 aliphatic carbocycles. The molecule has 2 heteroatoms. The first-order chi connectivity index (χ1) is 6.77. The third kappa shape index (κ3) is 3.71. The molecular weight excluding hydrogens is 174 g/mol. The van der Waals surface area contributed by atoms with E-state index in [1.807, 2.05) is 46.0 Å². The maximum Gasteiger partial charge on any atom is 0.150 e. The van der Waals surface area contributed by atoms with Crippen LogP contribution in [0.1, 0.15) is 35.3 Å². The largest absolute Gasteiger partial charge is 0.316 e. The molecule has 0 saturated carbocycles. The zero-order valence-electron chi connectivity index (χ0n) is 9.42. The van der Waals surface area contributed by atoms with Crippen molar-refractivity contribution in [3.8, 4) is 0 Å². The Morgan fingerprint density at radius 1 is 1.36 bits per heavy atom. The number of rotatable bonds is 3. The number of carbonyl (C=O) groups excluding carboxylic acids is 1. The normalized spacial score (nSPS) is 8.86. The second kappa shape index (κ2) is 7.27. The lowest BCUT2D eigenvalue weighted by Gasteiger charge is -2.04. The van der Waals surface area contributed by atoms with Crippen LogP contribution in [0.2, 0.25) is 0 Å². The van der Waals surface area contributed by atoms with Gasteiger partial charge in [0.1, 0.15) is 6.29 Å². The molecule has 2 nitrogen and oxygen atoms in total. The second-order valence-corrected chi connectivity index (χ2v) is 2.85. The van der Waals surface area contributed by atoms with E-state index in [1.165, 1.54) is 0 Å². The highest BCUT2D eigenvalue weighted by Crippen LogP contribution is 2.08. The van der Waals surface area contributed by atoms with Crippen LogP contribution in [-0.4, -0.2) is 13.3 Å². The number of carbonyl (C=O) groups is 1. The average Bonchev–Trinajstić information content (AvgIpc) is 2.24. The van der Waals surface area contributed by atoms with Crippen molar-refractivity contribution in [2.45, 2.75) is 27.3 Å². The minimum atomic E-state index is 0.744. The lowest BCUT2D eigenvalue weighted by molar-refractivity contribution is 0.112. The molecule has 0 spiro atoms. The summed E-state index contributed by atoms with van der Waals surface area (Å²) >= 11 is 0. The topological polar surface area (TPSA) is 29.1 Å². The molecule has 0 amide bonds. The smallest absolute Gasteiger partial charge is 0.150 e. The van der Waals surface area contributed by atoms with Crippen molar-refractivity contribution in [3.05, 3.63) is 34.9 Å². The Hall–Kier alpha value is -1.15. The Kier molecular flexibility index (Phi) is 6.68. The SMILES string of the molecule is CC.CNCc1ccc(C)cc1C=O. The van der Waals surface area contributed by atoms with E-state index in [0.717, 1.165) is 29.5 Å². The van der Waals surface area contributed by atoms with Crippen LogP contribution in [0, 0.1) is 6.92 Å². The molecule has 0 unspecified atom stereocenters. The highest BCUT2D eigenvalue weighted by atomic mass is 16.1. The van der Waals surface area contributed by atoms with Gasteiger partial charge in [-0.25, -0.2) is 0 Å². The van der Waals surface area contributed by atoms with Gasteiger partial charge in [-0.05, 0) is 25.6 Å². The Balaban J connectivity index is 0.000000791. The van der Waals surface area contributed by atoms with Gasteiger partial charge in [0.25, 0.3) is 0 Å². The van der Waals surface area contributed by atoms with Gasteiger partial charge in [-0.2, -0.15) is 0 Å². The molecule has 0 bridgehead atoms. The highest BCUT2D eigenvalue weighted by Gasteiger charge is 1.99. The number of hydrogen-bond acceptors (Lipinski definition) is 2.